The van der Waals surface area contributed by atoms with Gasteiger partial charge in [-0.2, -0.15) is 0 Å². The third-order valence-corrected chi connectivity index (χ3v) is 3.16. The zero-order valence-corrected chi connectivity index (χ0v) is 9.62. The van der Waals surface area contributed by atoms with Gasteiger partial charge in [-0.1, -0.05) is 31.6 Å². The van der Waals surface area contributed by atoms with Crippen LogP contribution in [0, 0.1) is 11.3 Å². The maximum absolute atomic E-state index is 10.9. The Morgan fingerprint density at radius 3 is 2.73 bits per heavy atom. The predicted molar refractivity (Wildman–Crippen MR) is 60.5 cm³/mol. The van der Waals surface area contributed by atoms with Crippen molar-refractivity contribution in [3.63, 3.8) is 0 Å². The van der Waals surface area contributed by atoms with E-state index >= 15 is 0 Å². The Hall–Kier alpha value is -1.18. The highest BCUT2D eigenvalue weighted by molar-refractivity contribution is 6.30. The van der Waals surface area contributed by atoms with Crippen molar-refractivity contribution in [2.45, 2.75) is 33.6 Å². The molecule has 0 aromatic carbocycles. The predicted octanol–water partition coefficient (Wildman–Crippen LogP) is 2.69. The van der Waals surface area contributed by atoms with E-state index in [1.54, 1.807) is 0 Å². The number of rotatable bonds is 3. The third-order valence-electron chi connectivity index (χ3n) is 3.16. The molecule has 0 spiro atoms. The highest BCUT2D eigenvalue weighted by Crippen LogP contribution is 2.41. The molecule has 0 heterocycles. The Morgan fingerprint density at radius 1 is 1.53 bits per heavy atom. The Balaban J connectivity index is 2.85. The quantitative estimate of drug-likeness (QED) is 0.308. The van der Waals surface area contributed by atoms with E-state index in [9.17, 15) is 9.59 Å². The fourth-order valence-corrected chi connectivity index (χ4v) is 2.21. The SMILES string of the molecule is CC1=CCCC(C)(C)C1/C=C/C(=O)C=O. The molecule has 1 rings (SSSR count). The van der Waals surface area contributed by atoms with Gasteiger partial charge in [-0.05, 0) is 31.3 Å². The van der Waals surface area contributed by atoms with Crippen LogP contribution in [0.4, 0.5) is 0 Å². The Bertz CT molecular complexity index is 321. The average molecular weight is 206 g/mol. The van der Waals surface area contributed by atoms with Crippen molar-refractivity contribution >= 4 is 12.1 Å². The molecule has 0 aromatic rings. The molecule has 0 fully saturated rings. The molecule has 0 aliphatic heterocycles. The summed E-state index contributed by atoms with van der Waals surface area (Å²) in [4.78, 5) is 21.1. The second kappa shape index (κ2) is 4.56. The van der Waals surface area contributed by atoms with E-state index in [1.165, 1.54) is 11.6 Å². The largest absolute Gasteiger partial charge is 0.294 e. The van der Waals surface area contributed by atoms with E-state index in [2.05, 4.69) is 26.8 Å². The first-order chi connectivity index (χ1) is 6.97. The van der Waals surface area contributed by atoms with Gasteiger partial charge in [-0.3, -0.25) is 9.59 Å². The van der Waals surface area contributed by atoms with Gasteiger partial charge in [-0.15, -0.1) is 0 Å². The second-order valence-electron chi connectivity index (χ2n) is 4.83. The van der Waals surface area contributed by atoms with Crippen molar-refractivity contribution < 1.29 is 9.59 Å². The topological polar surface area (TPSA) is 34.1 Å². The fraction of sp³-hybridized carbons (Fsp3) is 0.538. The molecule has 1 atom stereocenters. The highest BCUT2D eigenvalue weighted by Gasteiger charge is 2.30. The summed E-state index contributed by atoms with van der Waals surface area (Å²) in [5, 5.41) is 0. The summed E-state index contributed by atoms with van der Waals surface area (Å²) in [5.41, 5.74) is 1.47. The van der Waals surface area contributed by atoms with Gasteiger partial charge >= 0.3 is 0 Å². The Kier molecular flexibility index (Phi) is 3.61. The summed E-state index contributed by atoms with van der Waals surface area (Å²) in [5.74, 6) is -0.181. The van der Waals surface area contributed by atoms with E-state index in [0.29, 0.717) is 6.29 Å². The smallest absolute Gasteiger partial charge is 0.217 e. The number of hydrogen-bond donors (Lipinski definition) is 0. The molecule has 2 heteroatoms. The van der Waals surface area contributed by atoms with Gasteiger partial charge in [0.15, 0.2) is 6.29 Å². The van der Waals surface area contributed by atoms with Crippen LogP contribution in [0.1, 0.15) is 33.6 Å². The van der Waals surface area contributed by atoms with E-state index in [-0.39, 0.29) is 11.3 Å². The number of carbonyl (C=O) groups is 2. The van der Waals surface area contributed by atoms with Crippen LogP contribution in [0.25, 0.3) is 0 Å². The van der Waals surface area contributed by atoms with Crippen LogP contribution >= 0.6 is 0 Å². The standard InChI is InChI=1S/C13H18O2/c1-10-5-4-8-13(2,3)12(10)7-6-11(15)9-14/h5-7,9,12H,4,8H2,1-3H3/b7-6+. The molecule has 0 amide bonds. The molecule has 82 valence electrons. The van der Waals surface area contributed by atoms with Crippen molar-refractivity contribution in [2.75, 3.05) is 0 Å². The summed E-state index contributed by atoms with van der Waals surface area (Å²) in [7, 11) is 0. The molecule has 0 saturated heterocycles. The minimum absolute atomic E-state index is 0.179. The third kappa shape index (κ3) is 2.88. The zero-order chi connectivity index (χ0) is 11.5. The summed E-state index contributed by atoms with van der Waals surface area (Å²) >= 11 is 0. The van der Waals surface area contributed by atoms with Crippen LogP contribution in [0.5, 0.6) is 0 Å². The van der Waals surface area contributed by atoms with Crippen molar-refractivity contribution in [1.82, 2.24) is 0 Å². The van der Waals surface area contributed by atoms with Gasteiger partial charge in [-0.25, -0.2) is 0 Å². The Labute approximate surface area is 91.1 Å². The maximum Gasteiger partial charge on any atom is 0.217 e. The molecule has 0 saturated carbocycles. The lowest BCUT2D eigenvalue weighted by Crippen LogP contribution is -2.26. The lowest BCUT2D eigenvalue weighted by molar-refractivity contribution is -0.126. The van der Waals surface area contributed by atoms with Gasteiger partial charge in [0.1, 0.15) is 0 Å². The molecule has 0 radical (unpaired) electrons. The van der Waals surface area contributed by atoms with Gasteiger partial charge < -0.3 is 0 Å². The molecule has 15 heavy (non-hydrogen) atoms. The molecule has 2 nitrogen and oxygen atoms in total. The molecule has 1 aliphatic carbocycles. The molecular formula is C13H18O2. The van der Waals surface area contributed by atoms with E-state index in [4.69, 9.17) is 0 Å². The Morgan fingerprint density at radius 2 is 2.20 bits per heavy atom. The van der Waals surface area contributed by atoms with Crippen molar-refractivity contribution in [2.24, 2.45) is 11.3 Å². The van der Waals surface area contributed by atoms with Crippen molar-refractivity contribution in [1.29, 1.82) is 0 Å². The van der Waals surface area contributed by atoms with Crippen LogP contribution in [0.3, 0.4) is 0 Å². The fourth-order valence-electron chi connectivity index (χ4n) is 2.21. The lowest BCUT2D eigenvalue weighted by Gasteiger charge is -2.36. The van der Waals surface area contributed by atoms with E-state index in [1.807, 2.05) is 6.08 Å². The summed E-state index contributed by atoms with van der Waals surface area (Å²) in [6.07, 6.45) is 8.04. The van der Waals surface area contributed by atoms with Crippen molar-refractivity contribution in [3.05, 3.63) is 23.8 Å². The molecule has 1 aliphatic rings. The molecule has 0 aromatic heterocycles. The number of carbonyl (C=O) groups excluding carboxylic acids is 2. The number of aldehydes is 1. The normalized spacial score (nSPS) is 25.0. The summed E-state index contributed by atoms with van der Waals surface area (Å²) < 4.78 is 0. The van der Waals surface area contributed by atoms with Crippen molar-refractivity contribution in [3.8, 4) is 0 Å². The first kappa shape index (κ1) is 11.9. The lowest BCUT2D eigenvalue weighted by atomic mass is 9.68. The van der Waals surface area contributed by atoms with Crippen LogP contribution < -0.4 is 0 Å². The molecular weight excluding hydrogens is 188 g/mol. The zero-order valence-electron chi connectivity index (χ0n) is 9.62. The molecule has 0 N–H and O–H groups in total. The van der Waals surface area contributed by atoms with Crippen LogP contribution in [0.2, 0.25) is 0 Å². The van der Waals surface area contributed by atoms with Gasteiger partial charge in [0.05, 0.1) is 0 Å². The first-order valence-corrected chi connectivity index (χ1v) is 5.31. The summed E-state index contributed by atoms with van der Waals surface area (Å²) in [6, 6.07) is 0. The maximum atomic E-state index is 10.9. The van der Waals surface area contributed by atoms with E-state index in [0.717, 1.165) is 12.8 Å². The molecule has 0 bridgehead atoms. The van der Waals surface area contributed by atoms with Crippen LogP contribution in [-0.2, 0) is 9.59 Å². The van der Waals surface area contributed by atoms with Gasteiger partial charge in [0.25, 0.3) is 0 Å². The molecule has 1 unspecified atom stereocenters. The number of allylic oxidation sites excluding steroid dienone is 4. The average Bonchev–Trinajstić information content (AvgIpc) is 2.15. The van der Waals surface area contributed by atoms with Crippen LogP contribution in [0.15, 0.2) is 23.8 Å². The minimum atomic E-state index is -0.454. The first-order valence-electron chi connectivity index (χ1n) is 5.31. The second-order valence-corrected chi connectivity index (χ2v) is 4.83. The minimum Gasteiger partial charge on any atom is -0.294 e. The monoisotopic (exact) mass is 206 g/mol. The summed E-state index contributed by atoms with van der Waals surface area (Å²) in [6.45, 7) is 6.48. The highest BCUT2D eigenvalue weighted by atomic mass is 16.2. The number of ketones is 1. The van der Waals surface area contributed by atoms with Gasteiger partial charge in [0.2, 0.25) is 5.78 Å². The number of hydrogen-bond acceptors (Lipinski definition) is 2. The van der Waals surface area contributed by atoms with Gasteiger partial charge in [0, 0.05) is 5.92 Å². The van der Waals surface area contributed by atoms with Crippen LogP contribution in [-0.4, -0.2) is 12.1 Å². The van der Waals surface area contributed by atoms with E-state index < -0.39 is 5.78 Å².